The van der Waals surface area contributed by atoms with Gasteiger partial charge < -0.3 is 10.1 Å². The number of nitrogens with one attached hydrogen (secondary N) is 1. The van der Waals surface area contributed by atoms with Crippen LogP contribution in [0.5, 0.6) is 0 Å². The Morgan fingerprint density at radius 3 is 2.74 bits per heavy atom. The topological polar surface area (TPSA) is 53.9 Å². The maximum atomic E-state index is 12.7. The summed E-state index contributed by atoms with van der Waals surface area (Å²) in [6, 6.07) is 14.8. The van der Waals surface area contributed by atoms with E-state index in [4.69, 9.17) is 9.73 Å². The lowest BCUT2D eigenvalue weighted by molar-refractivity contribution is -0.116. The molecule has 1 saturated heterocycles. The molecule has 2 aromatic rings. The van der Waals surface area contributed by atoms with Crippen LogP contribution in [0.4, 0.5) is 5.69 Å². The number of amides is 1. The number of anilines is 1. The second-order valence-electron chi connectivity index (χ2n) is 9.32. The van der Waals surface area contributed by atoms with Gasteiger partial charge in [-0.15, -0.1) is 0 Å². The molecule has 0 aromatic heterocycles. The Morgan fingerprint density at radius 2 is 1.88 bits per heavy atom. The van der Waals surface area contributed by atoms with Gasteiger partial charge >= 0.3 is 0 Å². The number of hydrogen-bond acceptors (Lipinski definition) is 4. The van der Waals surface area contributed by atoms with Crippen LogP contribution < -0.4 is 5.32 Å². The molecule has 2 aliphatic heterocycles. The van der Waals surface area contributed by atoms with E-state index in [1.165, 1.54) is 29.5 Å². The zero-order valence-electron chi connectivity index (χ0n) is 20.6. The summed E-state index contributed by atoms with van der Waals surface area (Å²) in [7, 11) is 0. The van der Waals surface area contributed by atoms with Crippen LogP contribution in [0.15, 0.2) is 59.2 Å². The summed E-state index contributed by atoms with van der Waals surface area (Å²) in [5.74, 6) is 0.0922. The Hall–Kier alpha value is -2.76. The molecule has 5 nitrogen and oxygen atoms in total. The van der Waals surface area contributed by atoms with Gasteiger partial charge in [0.25, 0.3) is 0 Å². The molecule has 1 atom stereocenters. The number of morpholine rings is 1. The number of ether oxygens (including phenoxy) is 1. The summed E-state index contributed by atoms with van der Waals surface area (Å²) in [4.78, 5) is 19.9. The van der Waals surface area contributed by atoms with Crippen molar-refractivity contribution < 1.29 is 9.53 Å². The minimum atomic E-state index is 0.0412. The molecule has 2 heterocycles. The highest BCUT2D eigenvalue weighted by atomic mass is 16.5. The molecular formula is C29H37N3O2. The second kappa shape index (κ2) is 12.1. The Kier molecular flexibility index (Phi) is 8.67. The van der Waals surface area contributed by atoms with E-state index < -0.39 is 0 Å². The van der Waals surface area contributed by atoms with Gasteiger partial charge in [-0.1, -0.05) is 36.4 Å². The third-order valence-electron chi connectivity index (χ3n) is 6.90. The number of aryl methyl sites for hydroxylation is 1. The molecule has 0 radical (unpaired) electrons. The van der Waals surface area contributed by atoms with Gasteiger partial charge in [0.1, 0.15) is 0 Å². The maximum Gasteiger partial charge on any atom is 0.225 e. The van der Waals surface area contributed by atoms with Crippen LogP contribution in [0.2, 0.25) is 0 Å². The van der Waals surface area contributed by atoms with Crippen LogP contribution in [-0.2, 0) is 9.53 Å². The predicted molar refractivity (Wildman–Crippen MR) is 140 cm³/mol. The summed E-state index contributed by atoms with van der Waals surface area (Å²) in [6.45, 7) is 8.43. The number of carbonyl (C=O) groups is 1. The first-order valence-electron chi connectivity index (χ1n) is 12.6. The minimum absolute atomic E-state index is 0.0412. The number of nitrogens with zero attached hydrogens (tertiary/aromatic N) is 2. The first-order chi connectivity index (χ1) is 16.6. The van der Waals surface area contributed by atoms with E-state index in [-0.39, 0.29) is 11.8 Å². The van der Waals surface area contributed by atoms with Gasteiger partial charge in [-0.05, 0) is 73.9 Å². The van der Waals surface area contributed by atoms with Gasteiger partial charge in [0.05, 0.1) is 19.1 Å². The van der Waals surface area contributed by atoms with Gasteiger partial charge in [0.2, 0.25) is 5.91 Å². The molecule has 1 fully saturated rings. The first kappa shape index (κ1) is 24.4. The molecule has 34 heavy (non-hydrogen) atoms. The highest BCUT2D eigenvalue weighted by Crippen LogP contribution is 2.37. The number of aliphatic imine (C=N–C) groups is 1. The lowest BCUT2D eigenvalue weighted by Crippen LogP contribution is -2.38. The van der Waals surface area contributed by atoms with Gasteiger partial charge in [0.15, 0.2) is 0 Å². The summed E-state index contributed by atoms with van der Waals surface area (Å²) in [5.41, 5.74) is 6.96. The molecule has 2 aromatic carbocycles. The minimum Gasteiger partial charge on any atom is -0.379 e. The van der Waals surface area contributed by atoms with Crippen molar-refractivity contribution in [1.82, 2.24) is 4.90 Å². The lowest BCUT2D eigenvalue weighted by Gasteiger charge is -2.26. The van der Waals surface area contributed by atoms with Crippen LogP contribution in [0, 0.1) is 13.8 Å². The average molecular weight is 460 g/mol. The highest BCUT2D eigenvalue weighted by molar-refractivity contribution is 5.91. The van der Waals surface area contributed by atoms with Gasteiger partial charge in [-0.2, -0.15) is 0 Å². The van der Waals surface area contributed by atoms with Crippen molar-refractivity contribution >= 4 is 17.8 Å². The smallest absolute Gasteiger partial charge is 0.225 e. The molecule has 1 unspecified atom stereocenters. The van der Waals surface area contributed by atoms with E-state index in [1.807, 2.05) is 12.1 Å². The van der Waals surface area contributed by atoms with Crippen LogP contribution in [-0.4, -0.2) is 49.9 Å². The summed E-state index contributed by atoms with van der Waals surface area (Å²) >= 11 is 0. The Morgan fingerprint density at radius 1 is 1.09 bits per heavy atom. The molecule has 2 aliphatic rings. The predicted octanol–water partition coefficient (Wildman–Crippen LogP) is 5.62. The standard InChI is InChI=1S/C29H37N3O2/c1-22-9-7-12-26(23(22)2)29(27-13-5-3-4-6-15-30-27)24-10-8-11-25(21-24)31-28(33)14-16-32-17-19-34-20-18-32/h7-13,15,21,29H,3-6,14,16-20H2,1-2H3,(H,31,33)/b27-13-,30-15?. The number of rotatable bonds is 7. The molecule has 0 aliphatic carbocycles. The monoisotopic (exact) mass is 459 g/mol. The lowest BCUT2D eigenvalue weighted by atomic mass is 9.84. The van der Waals surface area contributed by atoms with E-state index in [2.05, 4.69) is 66.7 Å². The molecule has 0 spiro atoms. The van der Waals surface area contributed by atoms with E-state index in [0.29, 0.717) is 6.42 Å². The third-order valence-corrected chi connectivity index (χ3v) is 6.90. The number of allylic oxidation sites excluding steroid dienone is 2. The van der Waals surface area contributed by atoms with Gasteiger partial charge in [-0.25, -0.2) is 0 Å². The van der Waals surface area contributed by atoms with E-state index in [9.17, 15) is 4.79 Å². The fourth-order valence-corrected chi connectivity index (χ4v) is 4.75. The fourth-order valence-electron chi connectivity index (χ4n) is 4.75. The van der Waals surface area contributed by atoms with Gasteiger partial charge in [-0.3, -0.25) is 14.7 Å². The number of hydrogen-bond donors (Lipinski definition) is 1. The van der Waals surface area contributed by atoms with Crippen molar-refractivity contribution in [2.75, 3.05) is 38.2 Å². The van der Waals surface area contributed by atoms with E-state index >= 15 is 0 Å². The SMILES string of the molecule is Cc1cccc(C(/C2=C/CCCCC=N2)c2cccc(NC(=O)CCN3CCOCC3)c2)c1C. The summed E-state index contributed by atoms with van der Waals surface area (Å²) < 4.78 is 5.40. The largest absolute Gasteiger partial charge is 0.379 e. The van der Waals surface area contributed by atoms with Crippen molar-refractivity contribution in [2.24, 2.45) is 4.99 Å². The van der Waals surface area contributed by atoms with Crippen molar-refractivity contribution in [1.29, 1.82) is 0 Å². The Labute approximate surface area is 203 Å². The normalized spacial score (nSPS) is 19.5. The van der Waals surface area contributed by atoms with Crippen molar-refractivity contribution in [3.8, 4) is 0 Å². The maximum absolute atomic E-state index is 12.7. The van der Waals surface area contributed by atoms with Crippen molar-refractivity contribution in [2.45, 2.75) is 51.9 Å². The van der Waals surface area contributed by atoms with Crippen LogP contribution >= 0.6 is 0 Å². The van der Waals surface area contributed by atoms with Gasteiger partial charge in [0, 0.05) is 43.7 Å². The number of carbonyl (C=O) groups excluding carboxylic acids is 1. The van der Waals surface area contributed by atoms with Crippen LogP contribution in [0.1, 0.15) is 60.3 Å². The zero-order chi connectivity index (χ0) is 23.8. The summed E-state index contributed by atoms with van der Waals surface area (Å²) in [5, 5.41) is 3.12. The Balaban J connectivity index is 1.57. The molecule has 1 N–H and O–H groups in total. The van der Waals surface area contributed by atoms with Crippen molar-refractivity contribution in [3.05, 3.63) is 76.5 Å². The van der Waals surface area contributed by atoms with Crippen LogP contribution in [0.3, 0.4) is 0 Å². The van der Waals surface area contributed by atoms with E-state index in [0.717, 1.165) is 62.6 Å². The van der Waals surface area contributed by atoms with E-state index in [1.54, 1.807) is 0 Å². The quantitative estimate of drug-likeness (QED) is 0.584. The summed E-state index contributed by atoms with van der Waals surface area (Å²) in [6.07, 6.45) is 9.31. The molecule has 1 amide bonds. The highest BCUT2D eigenvalue weighted by Gasteiger charge is 2.22. The fraction of sp³-hybridized carbons (Fsp3) is 0.448. The average Bonchev–Trinajstić information content (AvgIpc) is 2.83. The molecule has 5 heteroatoms. The zero-order valence-corrected chi connectivity index (χ0v) is 20.6. The third kappa shape index (κ3) is 6.43. The second-order valence-corrected chi connectivity index (χ2v) is 9.32. The number of benzene rings is 2. The first-order valence-corrected chi connectivity index (χ1v) is 12.6. The molecule has 0 saturated carbocycles. The molecular weight excluding hydrogens is 422 g/mol. The molecule has 4 rings (SSSR count). The molecule has 180 valence electrons. The van der Waals surface area contributed by atoms with Crippen LogP contribution in [0.25, 0.3) is 0 Å². The van der Waals surface area contributed by atoms with Crippen molar-refractivity contribution in [3.63, 3.8) is 0 Å². The Bertz CT molecular complexity index is 1040. The molecule has 0 bridgehead atoms.